The Morgan fingerprint density at radius 3 is 2.80 bits per heavy atom. The molecule has 0 aliphatic carbocycles. The Balaban J connectivity index is 2.51. The van der Waals surface area contributed by atoms with Crippen molar-refractivity contribution >= 4 is 0 Å². The molecule has 78 valence electrons. The molecule has 15 heavy (non-hydrogen) atoms. The van der Waals surface area contributed by atoms with Gasteiger partial charge in [-0.2, -0.15) is 0 Å². The number of halogens is 1. The first kappa shape index (κ1) is 9.77. The van der Waals surface area contributed by atoms with Crippen LogP contribution >= 0.6 is 0 Å². The lowest BCUT2D eigenvalue weighted by Crippen LogP contribution is -1.96. The Hall–Kier alpha value is -1.77. The molecular formula is C12H11FO2. The number of hydrogen-bond donors (Lipinski definition) is 0. The molecule has 0 radical (unpaired) electrons. The van der Waals surface area contributed by atoms with Crippen molar-refractivity contribution in [2.24, 2.45) is 0 Å². The summed E-state index contributed by atoms with van der Waals surface area (Å²) < 4.78 is 23.9. The summed E-state index contributed by atoms with van der Waals surface area (Å²) in [6.07, 6.45) is 1.55. The minimum atomic E-state index is -0.370. The van der Waals surface area contributed by atoms with Crippen LogP contribution in [0.25, 0.3) is 11.3 Å². The van der Waals surface area contributed by atoms with E-state index < -0.39 is 0 Å². The molecule has 0 aliphatic heterocycles. The van der Waals surface area contributed by atoms with Gasteiger partial charge < -0.3 is 9.15 Å². The highest BCUT2D eigenvalue weighted by molar-refractivity contribution is 5.65. The van der Waals surface area contributed by atoms with Gasteiger partial charge in [0, 0.05) is 0 Å². The van der Waals surface area contributed by atoms with E-state index in [1.54, 1.807) is 30.5 Å². The van der Waals surface area contributed by atoms with Crippen LogP contribution in [0.15, 0.2) is 41.0 Å². The maximum Gasteiger partial charge on any atom is 0.165 e. The van der Waals surface area contributed by atoms with Gasteiger partial charge in [-0.15, -0.1) is 0 Å². The van der Waals surface area contributed by atoms with Gasteiger partial charge in [0.25, 0.3) is 0 Å². The highest BCUT2D eigenvalue weighted by atomic mass is 19.1. The summed E-state index contributed by atoms with van der Waals surface area (Å²) in [5, 5.41) is 0. The molecule has 0 fully saturated rings. The van der Waals surface area contributed by atoms with Crippen LogP contribution in [-0.2, 0) is 0 Å². The second-order valence-electron chi connectivity index (χ2n) is 3.03. The lowest BCUT2D eigenvalue weighted by molar-refractivity contribution is 0.322. The smallest absolute Gasteiger partial charge is 0.165 e. The van der Waals surface area contributed by atoms with Crippen molar-refractivity contribution in [3.63, 3.8) is 0 Å². The molecule has 3 heteroatoms. The zero-order chi connectivity index (χ0) is 10.7. The van der Waals surface area contributed by atoms with Gasteiger partial charge in [-0.1, -0.05) is 6.07 Å². The van der Waals surface area contributed by atoms with Crippen molar-refractivity contribution in [3.8, 4) is 17.1 Å². The Kier molecular flexibility index (Phi) is 2.72. The van der Waals surface area contributed by atoms with E-state index in [-0.39, 0.29) is 11.6 Å². The van der Waals surface area contributed by atoms with E-state index in [1.807, 2.05) is 6.92 Å². The normalized spacial score (nSPS) is 10.3. The fourth-order valence-electron chi connectivity index (χ4n) is 1.43. The number of hydrogen-bond acceptors (Lipinski definition) is 2. The van der Waals surface area contributed by atoms with E-state index in [1.165, 1.54) is 6.07 Å². The molecule has 0 aliphatic rings. The molecule has 2 rings (SSSR count). The molecule has 2 nitrogen and oxygen atoms in total. The Morgan fingerprint density at radius 1 is 1.27 bits per heavy atom. The Labute approximate surface area is 87.3 Å². The SMILES string of the molecule is CCOc1c(F)cccc1-c1ccco1. The predicted octanol–water partition coefficient (Wildman–Crippen LogP) is 3.48. The van der Waals surface area contributed by atoms with E-state index in [2.05, 4.69) is 0 Å². The summed E-state index contributed by atoms with van der Waals surface area (Å²) in [5.41, 5.74) is 0.641. The van der Waals surface area contributed by atoms with Gasteiger partial charge in [-0.25, -0.2) is 4.39 Å². The molecule has 2 aromatic rings. The Bertz CT molecular complexity index is 435. The van der Waals surface area contributed by atoms with E-state index in [0.717, 1.165) is 0 Å². The lowest BCUT2D eigenvalue weighted by Gasteiger charge is -2.08. The summed E-state index contributed by atoms with van der Waals surface area (Å²) in [7, 11) is 0. The highest BCUT2D eigenvalue weighted by Gasteiger charge is 2.12. The fraction of sp³-hybridized carbons (Fsp3) is 0.167. The van der Waals surface area contributed by atoms with E-state index in [9.17, 15) is 4.39 Å². The van der Waals surface area contributed by atoms with Crippen molar-refractivity contribution in [3.05, 3.63) is 42.4 Å². The Morgan fingerprint density at radius 2 is 2.13 bits per heavy atom. The minimum Gasteiger partial charge on any atom is -0.490 e. The summed E-state index contributed by atoms with van der Waals surface area (Å²) in [6.45, 7) is 2.24. The molecule has 0 atom stereocenters. The van der Waals surface area contributed by atoms with E-state index in [0.29, 0.717) is 17.9 Å². The summed E-state index contributed by atoms with van der Waals surface area (Å²) in [5.74, 6) is 0.485. The van der Waals surface area contributed by atoms with E-state index in [4.69, 9.17) is 9.15 Å². The van der Waals surface area contributed by atoms with Gasteiger partial charge in [-0.3, -0.25) is 0 Å². The molecule has 0 saturated heterocycles. The minimum absolute atomic E-state index is 0.245. The fourth-order valence-corrected chi connectivity index (χ4v) is 1.43. The standard InChI is InChI=1S/C12H11FO2/c1-2-14-12-9(5-3-6-10(12)13)11-7-4-8-15-11/h3-8H,2H2,1H3. The molecule has 0 bridgehead atoms. The lowest BCUT2D eigenvalue weighted by atomic mass is 10.1. The molecule has 1 heterocycles. The first-order valence-electron chi connectivity index (χ1n) is 4.78. The van der Waals surface area contributed by atoms with Crippen molar-refractivity contribution in [2.75, 3.05) is 6.61 Å². The van der Waals surface area contributed by atoms with E-state index >= 15 is 0 Å². The molecule has 0 amide bonds. The monoisotopic (exact) mass is 206 g/mol. The first-order valence-corrected chi connectivity index (χ1v) is 4.78. The third-order valence-corrected chi connectivity index (χ3v) is 2.04. The van der Waals surface area contributed by atoms with Gasteiger partial charge >= 0.3 is 0 Å². The maximum absolute atomic E-state index is 13.5. The molecule has 0 N–H and O–H groups in total. The third kappa shape index (κ3) is 1.86. The first-order chi connectivity index (χ1) is 7.33. The molecule has 1 aromatic carbocycles. The summed E-state index contributed by atoms with van der Waals surface area (Å²) >= 11 is 0. The van der Waals surface area contributed by atoms with Gasteiger partial charge in [-0.05, 0) is 31.2 Å². The van der Waals surface area contributed by atoms with Crippen LogP contribution in [0.5, 0.6) is 5.75 Å². The zero-order valence-electron chi connectivity index (χ0n) is 8.37. The van der Waals surface area contributed by atoms with Crippen LogP contribution in [0.4, 0.5) is 4.39 Å². The van der Waals surface area contributed by atoms with Gasteiger partial charge in [0.05, 0.1) is 18.4 Å². The van der Waals surface area contributed by atoms with Crippen molar-refractivity contribution < 1.29 is 13.5 Å². The van der Waals surface area contributed by atoms with Crippen LogP contribution < -0.4 is 4.74 Å². The summed E-state index contributed by atoms with van der Waals surface area (Å²) in [6, 6.07) is 8.31. The maximum atomic E-state index is 13.5. The highest BCUT2D eigenvalue weighted by Crippen LogP contribution is 2.32. The number of benzene rings is 1. The number of para-hydroxylation sites is 1. The number of ether oxygens (including phenoxy) is 1. The zero-order valence-corrected chi connectivity index (χ0v) is 8.37. The van der Waals surface area contributed by atoms with Crippen LogP contribution in [0.1, 0.15) is 6.92 Å². The van der Waals surface area contributed by atoms with Crippen molar-refractivity contribution in [2.45, 2.75) is 6.92 Å². The van der Waals surface area contributed by atoms with Gasteiger partial charge in [0.2, 0.25) is 0 Å². The van der Waals surface area contributed by atoms with Crippen LogP contribution in [0.3, 0.4) is 0 Å². The summed E-state index contributed by atoms with van der Waals surface area (Å²) in [4.78, 5) is 0. The van der Waals surface area contributed by atoms with Crippen LogP contribution in [0.2, 0.25) is 0 Å². The van der Waals surface area contributed by atoms with Crippen molar-refractivity contribution in [1.82, 2.24) is 0 Å². The second-order valence-corrected chi connectivity index (χ2v) is 3.03. The molecule has 0 unspecified atom stereocenters. The van der Waals surface area contributed by atoms with Crippen LogP contribution in [0, 0.1) is 5.82 Å². The van der Waals surface area contributed by atoms with Crippen LogP contribution in [-0.4, -0.2) is 6.61 Å². The average Bonchev–Trinajstić information content (AvgIpc) is 2.74. The second kappa shape index (κ2) is 4.17. The number of rotatable bonds is 3. The molecule has 0 saturated carbocycles. The van der Waals surface area contributed by atoms with Crippen molar-refractivity contribution in [1.29, 1.82) is 0 Å². The molecule has 0 spiro atoms. The quantitative estimate of drug-likeness (QED) is 0.767. The van der Waals surface area contributed by atoms with Gasteiger partial charge in [0.1, 0.15) is 5.76 Å². The molecular weight excluding hydrogens is 195 g/mol. The molecule has 1 aromatic heterocycles. The van der Waals surface area contributed by atoms with Gasteiger partial charge in [0.15, 0.2) is 11.6 Å². The average molecular weight is 206 g/mol. The third-order valence-electron chi connectivity index (χ3n) is 2.04. The topological polar surface area (TPSA) is 22.4 Å². The number of furan rings is 1. The largest absolute Gasteiger partial charge is 0.490 e. The predicted molar refractivity (Wildman–Crippen MR) is 55.3 cm³/mol.